The third-order valence-electron chi connectivity index (χ3n) is 6.56. The molecule has 4 aromatic carbocycles. The van der Waals surface area contributed by atoms with Crippen molar-refractivity contribution in [3.63, 3.8) is 0 Å². The zero-order chi connectivity index (χ0) is 24.8. The summed E-state index contributed by atoms with van der Waals surface area (Å²) in [7, 11) is -2.37. The van der Waals surface area contributed by atoms with Crippen molar-refractivity contribution in [2.24, 2.45) is 0 Å². The molecule has 1 atom stereocenters. The van der Waals surface area contributed by atoms with E-state index in [0.717, 1.165) is 16.8 Å². The molecule has 0 aliphatic rings. The van der Waals surface area contributed by atoms with Crippen LogP contribution in [0, 0.1) is 25.2 Å². The lowest BCUT2D eigenvalue weighted by molar-refractivity contribution is -0.115. The number of carbonyl (C=O) groups excluding carboxylic acids is 1. The molecule has 0 radical (unpaired) electrons. The van der Waals surface area contributed by atoms with Crippen molar-refractivity contribution in [2.75, 3.05) is 5.32 Å². The lowest BCUT2D eigenvalue weighted by Crippen LogP contribution is -2.44. The van der Waals surface area contributed by atoms with E-state index in [1.54, 1.807) is 0 Å². The Kier molecular flexibility index (Phi) is 7.45. The summed E-state index contributed by atoms with van der Waals surface area (Å²) in [4.78, 5) is 14.2. The summed E-state index contributed by atoms with van der Waals surface area (Å²) >= 11 is 0. The first-order valence-corrected chi connectivity index (χ1v) is 13.8. The zero-order valence-electron chi connectivity index (χ0n) is 20.4. The molecule has 4 rings (SSSR count). The van der Waals surface area contributed by atoms with Gasteiger partial charge in [-0.2, -0.15) is 5.26 Å². The van der Waals surface area contributed by atoms with Crippen molar-refractivity contribution >= 4 is 34.8 Å². The fraction of sp³-hybridized carbons (Fsp3) is 0.161. The molecule has 0 bridgehead atoms. The Labute approximate surface area is 208 Å². The van der Waals surface area contributed by atoms with Crippen LogP contribution in [0.15, 0.2) is 103 Å². The third kappa shape index (κ3) is 4.63. The SMILES string of the molecule is CCC(C(=O)Nc1c(C)cc(C#N)cc1C)[P+](c1ccccc1)(c1ccccc1)c1ccccc1. The summed E-state index contributed by atoms with van der Waals surface area (Å²) < 4.78 is 0. The van der Waals surface area contributed by atoms with Gasteiger partial charge in [0.25, 0.3) is 5.91 Å². The van der Waals surface area contributed by atoms with E-state index in [2.05, 4.69) is 91.1 Å². The Balaban J connectivity index is 1.93. The van der Waals surface area contributed by atoms with E-state index in [1.807, 2.05) is 44.2 Å². The maximum Gasteiger partial charge on any atom is 0.266 e. The van der Waals surface area contributed by atoms with Crippen LogP contribution >= 0.6 is 7.26 Å². The van der Waals surface area contributed by atoms with Crippen LogP contribution in [-0.4, -0.2) is 11.6 Å². The number of carbonyl (C=O) groups is 1. The number of benzene rings is 4. The summed E-state index contributed by atoms with van der Waals surface area (Å²) in [6, 6.07) is 37.3. The Morgan fingerprint density at radius 2 is 1.20 bits per heavy atom. The van der Waals surface area contributed by atoms with Crippen LogP contribution in [-0.2, 0) is 4.79 Å². The molecule has 0 aliphatic heterocycles. The molecule has 3 nitrogen and oxygen atoms in total. The highest BCUT2D eigenvalue weighted by Crippen LogP contribution is 2.61. The van der Waals surface area contributed by atoms with Crippen LogP contribution in [0.3, 0.4) is 0 Å². The second kappa shape index (κ2) is 10.7. The van der Waals surface area contributed by atoms with Gasteiger partial charge >= 0.3 is 0 Å². The molecule has 1 amide bonds. The molecule has 0 heterocycles. The quantitative estimate of drug-likeness (QED) is 0.338. The van der Waals surface area contributed by atoms with Crippen molar-refractivity contribution in [2.45, 2.75) is 32.9 Å². The molecule has 4 aromatic rings. The lowest BCUT2D eigenvalue weighted by atomic mass is 10.0. The molecule has 174 valence electrons. The number of anilines is 1. The topological polar surface area (TPSA) is 52.9 Å². The van der Waals surface area contributed by atoms with Gasteiger partial charge in [0.2, 0.25) is 0 Å². The Hall–Kier alpha value is -3.73. The molecule has 4 heteroatoms. The normalized spacial score (nSPS) is 11.9. The largest absolute Gasteiger partial charge is 0.322 e. The minimum atomic E-state index is -2.37. The highest BCUT2D eigenvalue weighted by atomic mass is 31.2. The summed E-state index contributed by atoms with van der Waals surface area (Å²) in [5, 5.41) is 16.2. The van der Waals surface area contributed by atoms with Gasteiger partial charge in [0.05, 0.1) is 11.6 Å². The van der Waals surface area contributed by atoms with Crippen molar-refractivity contribution in [3.8, 4) is 6.07 Å². The van der Waals surface area contributed by atoms with Crippen LogP contribution in [0.1, 0.15) is 30.0 Å². The van der Waals surface area contributed by atoms with Gasteiger partial charge < -0.3 is 5.32 Å². The molecular formula is C31H30N2OP+. The van der Waals surface area contributed by atoms with Gasteiger partial charge in [0, 0.05) is 5.69 Å². The number of nitrogens with zero attached hydrogens (tertiary/aromatic N) is 1. The van der Waals surface area contributed by atoms with Crippen molar-refractivity contribution in [1.29, 1.82) is 5.26 Å². The van der Waals surface area contributed by atoms with Gasteiger partial charge in [0.1, 0.15) is 23.2 Å². The predicted octanol–water partition coefficient (Wildman–Crippen LogP) is 5.89. The zero-order valence-corrected chi connectivity index (χ0v) is 21.3. The Bertz CT molecular complexity index is 1230. The molecule has 1 N–H and O–H groups in total. The van der Waals surface area contributed by atoms with Gasteiger partial charge in [-0.25, -0.2) is 0 Å². The van der Waals surface area contributed by atoms with Gasteiger partial charge in [-0.3, -0.25) is 4.79 Å². The molecule has 35 heavy (non-hydrogen) atoms. The maximum atomic E-state index is 14.2. The van der Waals surface area contributed by atoms with Crippen molar-refractivity contribution < 1.29 is 4.79 Å². The van der Waals surface area contributed by atoms with Crippen LogP contribution in [0.2, 0.25) is 0 Å². The minimum absolute atomic E-state index is 0.00769. The first kappa shape index (κ1) is 24.4. The highest BCUT2D eigenvalue weighted by Gasteiger charge is 2.54. The number of aryl methyl sites for hydroxylation is 2. The van der Waals surface area contributed by atoms with Crippen LogP contribution < -0.4 is 21.2 Å². The third-order valence-corrected chi connectivity index (χ3v) is 11.4. The average Bonchev–Trinajstić information content (AvgIpc) is 2.90. The monoisotopic (exact) mass is 477 g/mol. The number of hydrogen-bond acceptors (Lipinski definition) is 2. The van der Waals surface area contributed by atoms with E-state index >= 15 is 0 Å². The van der Waals surface area contributed by atoms with E-state index < -0.39 is 7.26 Å². The lowest BCUT2D eigenvalue weighted by Gasteiger charge is -2.33. The Morgan fingerprint density at radius 3 is 1.54 bits per heavy atom. The van der Waals surface area contributed by atoms with E-state index in [0.29, 0.717) is 12.0 Å². The second-order valence-corrected chi connectivity index (χ2v) is 12.4. The maximum absolute atomic E-state index is 14.2. The summed E-state index contributed by atoms with van der Waals surface area (Å²) in [5.74, 6) is 0.00769. The van der Waals surface area contributed by atoms with Gasteiger partial charge in [-0.15, -0.1) is 0 Å². The van der Waals surface area contributed by atoms with Crippen molar-refractivity contribution in [1.82, 2.24) is 0 Å². The molecule has 0 fully saturated rings. The van der Waals surface area contributed by atoms with E-state index in [-0.39, 0.29) is 11.6 Å². The highest BCUT2D eigenvalue weighted by molar-refractivity contribution is 7.96. The summed E-state index contributed by atoms with van der Waals surface area (Å²) in [6.45, 7) is 5.99. The minimum Gasteiger partial charge on any atom is -0.322 e. The average molecular weight is 478 g/mol. The molecular weight excluding hydrogens is 447 g/mol. The molecule has 0 saturated heterocycles. The number of amides is 1. The molecule has 0 spiro atoms. The predicted molar refractivity (Wildman–Crippen MR) is 148 cm³/mol. The molecule has 0 aliphatic carbocycles. The second-order valence-electron chi connectivity index (χ2n) is 8.74. The van der Waals surface area contributed by atoms with Crippen molar-refractivity contribution in [3.05, 3.63) is 120 Å². The van der Waals surface area contributed by atoms with E-state index in [9.17, 15) is 10.1 Å². The Morgan fingerprint density at radius 1 is 0.800 bits per heavy atom. The summed E-state index contributed by atoms with van der Waals surface area (Å²) in [5.41, 5.74) is 2.91. The first-order chi connectivity index (χ1) is 17.0. The molecule has 0 saturated carbocycles. The van der Waals surface area contributed by atoms with E-state index in [1.165, 1.54) is 15.9 Å². The molecule has 1 unspecified atom stereocenters. The van der Waals surface area contributed by atoms with Gasteiger partial charge in [-0.05, 0) is 79.9 Å². The fourth-order valence-electron chi connectivity index (χ4n) is 5.04. The number of hydrogen-bond donors (Lipinski definition) is 1. The number of nitrogens with one attached hydrogen (secondary N) is 1. The van der Waals surface area contributed by atoms with Crippen LogP contribution in [0.5, 0.6) is 0 Å². The summed E-state index contributed by atoms with van der Waals surface area (Å²) in [6.07, 6.45) is 0.687. The number of nitriles is 1. The van der Waals surface area contributed by atoms with Gasteiger partial charge in [-0.1, -0.05) is 61.5 Å². The van der Waals surface area contributed by atoms with Crippen LogP contribution in [0.25, 0.3) is 0 Å². The fourth-order valence-corrected chi connectivity index (χ4v) is 9.91. The van der Waals surface area contributed by atoms with Crippen LogP contribution in [0.4, 0.5) is 5.69 Å². The van der Waals surface area contributed by atoms with Gasteiger partial charge in [0.15, 0.2) is 5.66 Å². The number of rotatable bonds is 7. The molecule has 0 aromatic heterocycles. The smallest absolute Gasteiger partial charge is 0.266 e. The first-order valence-electron chi connectivity index (χ1n) is 11.9. The standard InChI is InChI=1S/C31H29N2OP/c1-4-29(31(34)33-30-23(2)20-25(22-32)21-24(30)3)35(26-14-8-5-9-15-26,27-16-10-6-11-17-27)28-18-12-7-13-19-28/h5-21,29H,4H2,1-3H3/p+1. The van der Waals surface area contributed by atoms with E-state index in [4.69, 9.17) is 0 Å².